The Balaban J connectivity index is 1.93. The Hall–Kier alpha value is 0.200. The van der Waals surface area contributed by atoms with Crippen molar-refractivity contribution in [3.05, 3.63) is 0 Å². The summed E-state index contributed by atoms with van der Waals surface area (Å²) in [6.45, 7) is 2.61. The van der Waals surface area contributed by atoms with Crippen molar-refractivity contribution in [3.63, 3.8) is 0 Å². The maximum Gasteiger partial charge on any atom is 0.111 e. The lowest BCUT2D eigenvalue weighted by Gasteiger charge is -2.48. The van der Waals surface area contributed by atoms with Crippen molar-refractivity contribution in [2.75, 3.05) is 6.54 Å². The first-order valence-corrected chi connectivity index (χ1v) is 10.9. The quantitative estimate of drug-likeness (QED) is 0.314. The van der Waals surface area contributed by atoms with Gasteiger partial charge in [0.15, 0.2) is 0 Å². The summed E-state index contributed by atoms with van der Waals surface area (Å²) in [6, 6.07) is -0.711. The first-order chi connectivity index (χ1) is 12.3. The summed E-state index contributed by atoms with van der Waals surface area (Å²) in [4.78, 5) is 0.449. The molecule has 154 valence electrons. The molecule has 0 amide bonds. The Morgan fingerprint density at radius 3 is 2.54 bits per heavy atom. The number of halogens is 1. The summed E-state index contributed by atoms with van der Waals surface area (Å²) < 4.78 is 0. The average molecular weight is 438 g/mol. The van der Waals surface area contributed by atoms with Crippen molar-refractivity contribution in [1.29, 1.82) is 0 Å². The van der Waals surface area contributed by atoms with Crippen molar-refractivity contribution in [3.8, 4) is 0 Å². The molecule has 0 aromatic carbocycles. The van der Waals surface area contributed by atoms with Crippen LogP contribution < -0.4 is 11.1 Å². The van der Waals surface area contributed by atoms with Crippen LogP contribution in [0.5, 0.6) is 0 Å². The van der Waals surface area contributed by atoms with Crippen molar-refractivity contribution < 1.29 is 20.5 Å². The van der Waals surface area contributed by atoms with Crippen LogP contribution in [-0.4, -0.2) is 67.6 Å². The zero-order valence-electron chi connectivity index (χ0n) is 15.7. The standard InChI is InChI=1S/C18H36BrN3O4/c1-2-3-4-11(19)5-7-14(20)12-9-10-22(26)16(17(12)24)13-6-8-15(23)21-18(13)25/h11-18,21,23-26H,2-10,20H2,1H3. The zero-order chi connectivity index (χ0) is 19.3. The Labute approximate surface area is 165 Å². The maximum atomic E-state index is 10.9. The van der Waals surface area contributed by atoms with Gasteiger partial charge >= 0.3 is 0 Å². The fraction of sp³-hybridized carbons (Fsp3) is 1.00. The first-order valence-electron chi connectivity index (χ1n) is 10.0. The van der Waals surface area contributed by atoms with Gasteiger partial charge in [0.25, 0.3) is 0 Å². The Bertz CT molecular complexity index is 420. The lowest BCUT2D eigenvalue weighted by Crippen LogP contribution is -2.63. The first kappa shape index (κ1) is 22.5. The van der Waals surface area contributed by atoms with Crippen molar-refractivity contribution in [2.24, 2.45) is 17.6 Å². The molecule has 0 aliphatic carbocycles. The predicted molar refractivity (Wildman–Crippen MR) is 104 cm³/mol. The Kier molecular flexibility index (Phi) is 9.22. The molecule has 0 radical (unpaired) electrons. The van der Waals surface area contributed by atoms with Crippen LogP contribution in [0, 0.1) is 11.8 Å². The number of hydrogen-bond donors (Lipinski definition) is 6. The number of unbranched alkanes of at least 4 members (excludes halogenated alkanes) is 1. The van der Waals surface area contributed by atoms with Gasteiger partial charge in [-0.3, -0.25) is 5.32 Å². The topological polar surface area (TPSA) is 122 Å². The lowest BCUT2D eigenvalue weighted by atomic mass is 9.75. The SMILES string of the molecule is CCCCC(Br)CCC(N)C1CCN(O)C(C2CCC(O)NC2O)C1O. The molecule has 2 rings (SSSR count). The van der Waals surface area contributed by atoms with E-state index in [0.29, 0.717) is 30.6 Å². The summed E-state index contributed by atoms with van der Waals surface area (Å²) in [5, 5.41) is 44.9. The molecule has 0 aromatic rings. The second kappa shape index (κ2) is 10.7. The third kappa shape index (κ3) is 5.85. The summed E-state index contributed by atoms with van der Waals surface area (Å²) in [6.07, 6.45) is 4.45. The van der Waals surface area contributed by atoms with E-state index in [0.717, 1.165) is 24.3 Å². The molecule has 2 aliphatic heterocycles. The molecule has 2 saturated heterocycles. The highest BCUT2D eigenvalue weighted by Crippen LogP contribution is 2.34. The van der Waals surface area contributed by atoms with E-state index in [-0.39, 0.29) is 17.9 Å². The Morgan fingerprint density at radius 1 is 1.15 bits per heavy atom. The molecule has 8 unspecified atom stereocenters. The van der Waals surface area contributed by atoms with E-state index >= 15 is 0 Å². The monoisotopic (exact) mass is 437 g/mol. The highest BCUT2D eigenvalue weighted by atomic mass is 79.9. The minimum absolute atomic E-state index is 0.103. The molecule has 7 N–H and O–H groups in total. The molecule has 8 heteroatoms. The van der Waals surface area contributed by atoms with Crippen molar-refractivity contribution in [1.82, 2.24) is 10.4 Å². The number of aliphatic hydroxyl groups is 3. The molecule has 8 atom stereocenters. The molecular weight excluding hydrogens is 402 g/mol. The number of rotatable bonds is 8. The smallest absolute Gasteiger partial charge is 0.111 e. The van der Waals surface area contributed by atoms with E-state index in [4.69, 9.17) is 5.73 Å². The fourth-order valence-corrected chi connectivity index (χ4v) is 4.99. The van der Waals surface area contributed by atoms with Crippen LogP contribution in [0.3, 0.4) is 0 Å². The molecular formula is C18H36BrN3O4. The van der Waals surface area contributed by atoms with E-state index in [1.807, 2.05) is 0 Å². The Morgan fingerprint density at radius 2 is 1.88 bits per heavy atom. The van der Waals surface area contributed by atoms with Gasteiger partial charge in [-0.2, -0.15) is 5.06 Å². The lowest BCUT2D eigenvalue weighted by molar-refractivity contribution is -0.224. The minimum atomic E-state index is -0.955. The van der Waals surface area contributed by atoms with E-state index in [2.05, 4.69) is 28.2 Å². The molecule has 0 spiro atoms. The summed E-state index contributed by atoms with van der Waals surface area (Å²) in [5.41, 5.74) is 6.41. The van der Waals surface area contributed by atoms with Crippen LogP contribution in [0.4, 0.5) is 0 Å². The number of hydrogen-bond acceptors (Lipinski definition) is 7. The summed E-state index contributed by atoms with van der Waals surface area (Å²) in [5.74, 6) is -0.449. The van der Waals surface area contributed by atoms with E-state index in [1.54, 1.807) is 0 Å². The van der Waals surface area contributed by atoms with Gasteiger partial charge in [-0.05, 0) is 38.5 Å². The van der Waals surface area contributed by atoms with E-state index in [9.17, 15) is 20.5 Å². The van der Waals surface area contributed by atoms with Gasteiger partial charge in [0.2, 0.25) is 0 Å². The third-order valence-electron chi connectivity index (χ3n) is 6.04. The van der Waals surface area contributed by atoms with Crippen LogP contribution in [0.1, 0.15) is 58.3 Å². The van der Waals surface area contributed by atoms with Crippen LogP contribution >= 0.6 is 15.9 Å². The predicted octanol–water partition coefficient (Wildman–Crippen LogP) is 1.12. The number of alkyl halides is 1. The summed E-state index contributed by atoms with van der Waals surface area (Å²) in [7, 11) is 0. The third-order valence-corrected chi connectivity index (χ3v) is 6.95. The van der Waals surface area contributed by atoms with Gasteiger partial charge in [-0.25, -0.2) is 0 Å². The second-order valence-electron chi connectivity index (χ2n) is 7.95. The van der Waals surface area contributed by atoms with Gasteiger partial charge in [0.05, 0.1) is 12.1 Å². The van der Waals surface area contributed by atoms with Gasteiger partial charge in [-0.15, -0.1) is 0 Å². The van der Waals surface area contributed by atoms with Crippen molar-refractivity contribution in [2.45, 2.75) is 93.8 Å². The molecule has 0 aromatic heterocycles. The number of piperidine rings is 2. The molecule has 0 bridgehead atoms. The van der Waals surface area contributed by atoms with E-state index in [1.165, 1.54) is 12.8 Å². The minimum Gasteiger partial charge on any atom is -0.391 e. The highest BCUT2D eigenvalue weighted by molar-refractivity contribution is 9.09. The number of aliphatic hydroxyl groups excluding tert-OH is 3. The molecule has 26 heavy (non-hydrogen) atoms. The fourth-order valence-electron chi connectivity index (χ4n) is 4.40. The second-order valence-corrected chi connectivity index (χ2v) is 9.24. The van der Waals surface area contributed by atoms with Crippen LogP contribution in [0.25, 0.3) is 0 Å². The van der Waals surface area contributed by atoms with Gasteiger partial charge < -0.3 is 26.3 Å². The van der Waals surface area contributed by atoms with Crippen LogP contribution in [-0.2, 0) is 0 Å². The summed E-state index contributed by atoms with van der Waals surface area (Å²) >= 11 is 3.71. The largest absolute Gasteiger partial charge is 0.391 e. The maximum absolute atomic E-state index is 10.9. The molecule has 2 aliphatic rings. The normalized spacial score (nSPS) is 38.9. The van der Waals surface area contributed by atoms with Crippen molar-refractivity contribution >= 4 is 15.9 Å². The zero-order valence-corrected chi connectivity index (χ0v) is 17.3. The van der Waals surface area contributed by atoms with Crippen LogP contribution in [0.2, 0.25) is 0 Å². The number of nitrogens with two attached hydrogens (primary N) is 1. The molecule has 2 fully saturated rings. The molecule has 2 heterocycles. The number of nitrogens with zero attached hydrogens (tertiary/aromatic N) is 1. The van der Waals surface area contributed by atoms with Gasteiger partial charge in [0, 0.05) is 29.2 Å². The highest BCUT2D eigenvalue weighted by Gasteiger charge is 2.46. The number of nitrogens with one attached hydrogen (secondary N) is 1. The molecule has 0 saturated carbocycles. The van der Waals surface area contributed by atoms with Gasteiger partial charge in [-0.1, -0.05) is 35.7 Å². The van der Waals surface area contributed by atoms with Gasteiger partial charge in [0.1, 0.15) is 12.5 Å². The van der Waals surface area contributed by atoms with E-state index < -0.39 is 24.6 Å². The average Bonchev–Trinajstić information content (AvgIpc) is 2.59. The molecule has 7 nitrogen and oxygen atoms in total. The number of hydroxylamine groups is 2. The van der Waals surface area contributed by atoms with Crippen LogP contribution in [0.15, 0.2) is 0 Å².